The molecule has 4 rings (SSSR count). The van der Waals surface area contributed by atoms with E-state index in [4.69, 9.17) is 9.47 Å². The van der Waals surface area contributed by atoms with Crippen molar-refractivity contribution in [2.75, 3.05) is 65.7 Å². The third-order valence-electron chi connectivity index (χ3n) is 9.04. The quantitative estimate of drug-likeness (QED) is 0.133. The molecule has 0 aliphatic carbocycles. The van der Waals surface area contributed by atoms with Gasteiger partial charge >= 0.3 is 0 Å². The van der Waals surface area contributed by atoms with Gasteiger partial charge in [0, 0.05) is 68.1 Å². The monoisotopic (exact) mass is 681 g/mol. The predicted octanol–water partition coefficient (Wildman–Crippen LogP) is 2.66. The predicted molar refractivity (Wildman–Crippen MR) is 188 cm³/mol. The molecule has 11 heteroatoms. The number of aromatic hydroxyl groups is 2. The van der Waals surface area contributed by atoms with Crippen LogP contribution in [0, 0.1) is 13.8 Å². The van der Waals surface area contributed by atoms with Crippen molar-refractivity contribution in [3.63, 3.8) is 0 Å². The molecule has 0 unspecified atom stereocenters. The molecule has 1 fully saturated rings. The Hall–Kier alpha value is -3.10. The van der Waals surface area contributed by atoms with Crippen molar-refractivity contribution in [2.24, 2.45) is 0 Å². The van der Waals surface area contributed by atoms with E-state index in [2.05, 4.69) is 39.0 Å². The van der Waals surface area contributed by atoms with Gasteiger partial charge in [0.1, 0.15) is 23.7 Å². The zero-order chi connectivity index (χ0) is 35.2. The third-order valence-corrected chi connectivity index (χ3v) is 9.04. The summed E-state index contributed by atoms with van der Waals surface area (Å²) in [6, 6.07) is 18.2. The van der Waals surface area contributed by atoms with Gasteiger partial charge in [-0.25, -0.2) is 0 Å². The van der Waals surface area contributed by atoms with Crippen molar-refractivity contribution in [3.8, 4) is 11.5 Å². The van der Waals surface area contributed by atoms with Crippen LogP contribution in [0.15, 0.2) is 54.6 Å². The largest absolute Gasteiger partial charge is 0.507 e. The molecule has 0 bridgehead atoms. The molecule has 0 radical (unpaired) electrons. The second-order valence-corrected chi connectivity index (χ2v) is 13.1. The fourth-order valence-electron chi connectivity index (χ4n) is 6.29. The van der Waals surface area contributed by atoms with Crippen LogP contribution in [0.5, 0.6) is 11.5 Å². The SMILES string of the molecule is Cc1cc(COC(CO)CO)c(O)c(CN2CCCN(Cc3cc(C)cc(COC(CO)CO)c3O)CCN(Cc3ccccc3)CC2)c1. The van der Waals surface area contributed by atoms with Crippen molar-refractivity contribution in [3.05, 3.63) is 93.5 Å². The molecule has 11 nitrogen and oxygen atoms in total. The number of aryl methyl sites for hydroxylation is 2. The molecule has 0 aromatic heterocycles. The first kappa shape index (κ1) is 38.7. The molecule has 1 aliphatic rings. The number of hydrogen-bond acceptors (Lipinski definition) is 11. The van der Waals surface area contributed by atoms with E-state index in [9.17, 15) is 30.6 Å². The molecular formula is C38H55N3O8. The molecule has 6 N–H and O–H groups in total. The molecule has 3 aromatic carbocycles. The van der Waals surface area contributed by atoms with Gasteiger partial charge in [0.2, 0.25) is 0 Å². The number of benzene rings is 3. The molecule has 0 spiro atoms. The second kappa shape index (κ2) is 19.9. The fourth-order valence-corrected chi connectivity index (χ4v) is 6.29. The lowest BCUT2D eigenvalue weighted by Gasteiger charge is -2.33. The molecule has 49 heavy (non-hydrogen) atoms. The van der Waals surface area contributed by atoms with Crippen molar-refractivity contribution in [1.29, 1.82) is 0 Å². The Bertz CT molecular complexity index is 1330. The minimum Gasteiger partial charge on any atom is -0.507 e. The van der Waals surface area contributed by atoms with Crippen LogP contribution in [0.3, 0.4) is 0 Å². The average molecular weight is 682 g/mol. The van der Waals surface area contributed by atoms with E-state index in [0.717, 1.165) is 74.5 Å². The van der Waals surface area contributed by atoms with Crippen LogP contribution in [-0.2, 0) is 42.3 Å². The molecular weight excluding hydrogens is 626 g/mol. The van der Waals surface area contributed by atoms with Crippen molar-refractivity contribution in [2.45, 2.75) is 65.3 Å². The van der Waals surface area contributed by atoms with E-state index in [1.54, 1.807) is 0 Å². The number of ether oxygens (including phenoxy) is 2. The van der Waals surface area contributed by atoms with E-state index < -0.39 is 12.2 Å². The van der Waals surface area contributed by atoms with E-state index in [1.165, 1.54) is 5.56 Å². The highest BCUT2D eigenvalue weighted by atomic mass is 16.5. The highest BCUT2D eigenvalue weighted by Gasteiger charge is 2.20. The van der Waals surface area contributed by atoms with Gasteiger partial charge in [-0.2, -0.15) is 0 Å². The summed E-state index contributed by atoms with van der Waals surface area (Å²) < 4.78 is 11.3. The number of phenolic OH excluding ortho intramolecular Hbond substituents is 2. The Kier molecular flexibility index (Phi) is 15.7. The molecule has 270 valence electrons. The number of rotatable bonds is 16. The number of nitrogens with zero attached hydrogens (tertiary/aromatic N) is 3. The molecule has 1 aliphatic heterocycles. The normalized spacial score (nSPS) is 15.8. The van der Waals surface area contributed by atoms with Crippen molar-refractivity contribution in [1.82, 2.24) is 14.7 Å². The smallest absolute Gasteiger partial charge is 0.125 e. The van der Waals surface area contributed by atoms with Crippen LogP contribution in [0.2, 0.25) is 0 Å². The lowest BCUT2D eigenvalue weighted by Crippen LogP contribution is -2.42. The summed E-state index contributed by atoms with van der Waals surface area (Å²) in [5.41, 5.74) is 6.13. The topological polar surface area (TPSA) is 150 Å². The maximum Gasteiger partial charge on any atom is 0.125 e. The van der Waals surface area contributed by atoms with E-state index in [0.29, 0.717) is 24.2 Å². The summed E-state index contributed by atoms with van der Waals surface area (Å²) >= 11 is 0. The Morgan fingerprint density at radius 1 is 0.551 bits per heavy atom. The van der Waals surface area contributed by atoms with Gasteiger partial charge in [-0.3, -0.25) is 14.7 Å². The third kappa shape index (κ3) is 12.0. The molecule has 0 amide bonds. The first-order chi connectivity index (χ1) is 23.7. The highest BCUT2D eigenvalue weighted by Crippen LogP contribution is 2.29. The van der Waals surface area contributed by atoms with Crippen LogP contribution in [0.4, 0.5) is 0 Å². The zero-order valence-electron chi connectivity index (χ0n) is 29.0. The molecule has 3 aromatic rings. The van der Waals surface area contributed by atoms with Gasteiger partial charge in [0.25, 0.3) is 0 Å². The number of phenols is 2. The van der Waals surface area contributed by atoms with Gasteiger partial charge in [0.05, 0.1) is 39.6 Å². The van der Waals surface area contributed by atoms with E-state index >= 15 is 0 Å². The summed E-state index contributed by atoms with van der Waals surface area (Å²) in [7, 11) is 0. The number of aliphatic hydroxyl groups excluding tert-OH is 4. The van der Waals surface area contributed by atoms with Crippen LogP contribution in [0.25, 0.3) is 0 Å². The van der Waals surface area contributed by atoms with Gasteiger partial charge in [0.15, 0.2) is 0 Å². The first-order valence-corrected chi connectivity index (χ1v) is 17.2. The second-order valence-electron chi connectivity index (χ2n) is 13.1. The minimum atomic E-state index is -0.699. The lowest BCUT2D eigenvalue weighted by atomic mass is 10.0. The van der Waals surface area contributed by atoms with E-state index in [-0.39, 0.29) is 51.1 Å². The minimum absolute atomic E-state index is 0.0925. The summed E-state index contributed by atoms with van der Waals surface area (Å²) in [5.74, 6) is 0.359. The molecule has 1 saturated heterocycles. The average Bonchev–Trinajstić information content (AvgIpc) is 3.10. The van der Waals surface area contributed by atoms with E-state index in [1.807, 2.05) is 44.2 Å². The van der Waals surface area contributed by atoms with Crippen molar-refractivity contribution >= 4 is 0 Å². The fraction of sp³-hybridized carbons (Fsp3) is 0.526. The summed E-state index contributed by atoms with van der Waals surface area (Å²) in [4.78, 5) is 7.21. The Morgan fingerprint density at radius 2 is 0.939 bits per heavy atom. The summed E-state index contributed by atoms with van der Waals surface area (Å²) in [6.07, 6.45) is -0.501. The Balaban J connectivity index is 1.52. The van der Waals surface area contributed by atoms with Crippen LogP contribution >= 0.6 is 0 Å². The van der Waals surface area contributed by atoms with Crippen LogP contribution < -0.4 is 0 Å². The Morgan fingerprint density at radius 3 is 1.35 bits per heavy atom. The van der Waals surface area contributed by atoms with Gasteiger partial charge in [-0.05, 0) is 38.9 Å². The summed E-state index contributed by atoms with van der Waals surface area (Å²) in [5, 5.41) is 60.1. The number of aliphatic hydroxyl groups is 4. The van der Waals surface area contributed by atoms with Gasteiger partial charge in [-0.15, -0.1) is 0 Å². The molecule has 0 saturated carbocycles. The summed E-state index contributed by atoms with van der Waals surface area (Å²) in [6.45, 7) is 9.87. The standard InChI is InChI=1S/C38H55N3O8/c1-28-15-31(37(46)33(17-28)26-48-35(22-42)23-43)20-39-9-6-10-40(12-14-41(13-11-39)19-30-7-4-3-5-8-30)21-32-16-29(2)18-34(38(32)47)27-49-36(24-44)25-45/h3-5,7-8,15-18,35-36,42-47H,6,9-14,19-27H2,1-2H3. The maximum absolute atomic E-state index is 11.2. The van der Waals surface area contributed by atoms with Gasteiger partial charge < -0.3 is 40.1 Å². The Labute approximate surface area is 290 Å². The lowest BCUT2D eigenvalue weighted by molar-refractivity contribution is -0.0290. The highest BCUT2D eigenvalue weighted by molar-refractivity contribution is 5.44. The molecule has 0 atom stereocenters. The molecule has 1 heterocycles. The van der Waals surface area contributed by atoms with Crippen molar-refractivity contribution < 1.29 is 40.1 Å². The first-order valence-electron chi connectivity index (χ1n) is 17.2. The van der Waals surface area contributed by atoms with Crippen LogP contribution in [0.1, 0.15) is 45.4 Å². The maximum atomic E-state index is 11.2. The van der Waals surface area contributed by atoms with Gasteiger partial charge in [-0.1, -0.05) is 65.7 Å². The number of hydrogen-bond donors (Lipinski definition) is 6. The zero-order valence-corrected chi connectivity index (χ0v) is 29.0. The van der Waals surface area contributed by atoms with Crippen LogP contribution in [-0.4, -0.2) is 123 Å².